The van der Waals surface area contributed by atoms with Gasteiger partial charge in [0.25, 0.3) is 0 Å². The third-order valence-corrected chi connectivity index (χ3v) is 4.80. The lowest BCUT2D eigenvalue weighted by Gasteiger charge is -2.10. The molecule has 2 heterocycles. The highest BCUT2D eigenvalue weighted by Gasteiger charge is 2.06. The van der Waals surface area contributed by atoms with E-state index in [1.54, 1.807) is 29.3 Å². The molecule has 118 valence electrons. The second-order valence-electron chi connectivity index (χ2n) is 5.46. The van der Waals surface area contributed by atoms with Crippen LogP contribution in [0.25, 0.3) is 10.4 Å². The quantitative estimate of drug-likeness (QED) is 0.513. The lowest BCUT2D eigenvalue weighted by atomic mass is 10.1. The Morgan fingerprint density at radius 2 is 2.09 bits per heavy atom. The molecule has 0 saturated heterocycles. The fourth-order valence-electron chi connectivity index (χ4n) is 2.19. The minimum atomic E-state index is 0.495. The van der Waals surface area contributed by atoms with Gasteiger partial charge in [-0.25, -0.2) is 9.97 Å². The second-order valence-corrected chi connectivity index (χ2v) is 7.95. The fourth-order valence-corrected chi connectivity index (χ4v) is 3.57. The van der Waals surface area contributed by atoms with Gasteiger partial charge in [0.15, 0.2) is 0 Å². The number of hydrogen-bond donors (Lipinski definition) is 1. The normalized spacial score (nSPS) is 11.0. The van der Waals surface area contributed by atoms with Gasteiger partial charge in [0.1, 0.15) is 5.03 Å². The molecule has 0 aliphatic heterocycles. The number of thiazole rings is 1. The van der Waals surface area contributed by atoms with Gasteiger partial charge < -0.3 is 5.32 Å². The number of aryl methyl sites for hydroxylation is 1. The maximum Gasteiger partial charge on any atom is 0.228 e. The van der Waals surface area contributed by atoms with E-state index < -0.39 is 0 Å². The maximum atomic E-state index is 4.56. The number of aromatic nitrogens is 3. The first kappa shape index (κ1) is 16.0. The molecule has 0 amide bonds. The van der Waals surface area contributed by atoms with Crippen LogP contribution in [0.15, 0.2) is 47.2 Å². The van der Waals surface area contributed by atoms with Gasteiger partial charge in [0.05, 0.1) is 10.4 Å². The van der Waals surface area contributed by atoms with E-state index in [-0.39, 0.29) is 0 Å². The van der Waals surface area contributed by atoms with E-state index in [9.17, 15) is 0 Å². The van der Waals surface area contributed by atoms with Gasteiger partial charge >= 0.3 is 0 Å². The van der Waals surface area contributed by atoms with Crippen molar-refractivity contribution in [3.8, 4) is 10.4 Å². The van der Waals surface area contributed by atoms with E-state index in [1.807, 2.05) is 17.8 Å². The molecule has 0 bridgehead atoms. The molecule has 0 saturated carbocycles. The molecule has 3 rings (SSSR count). The Kier molecular flexibility index (Phi) is 4.93. The van der Waals surface area contributed by atoms with Gasteiger partial charge in [0, 0.05) is 23.3 Å². The van der Waals surface area contributed by atoms with Gasteiger partial charge in [-0.3, -0.25) is 4.98 Å². The van der Waals surface area contributed by atoms with Crippen LogP contribution in [0.1, 0.15) is 19.4 Å². The summed E-state index contributed by atoms with van der Waals surface area (Å²) < 4.78 is 0. The molecule has 0 spiro atoms. The first-order valence-electron chi connectivity index (χ1n) is 7.37. The van der Waals surface area contributed by atoms with Gasteiger partial charge in [-0.2, -0.15) is 0 Å². The van der Waals surface area contributed by atoms with Crippen molar-refractivity contribution in [2.75, 3.05) is 5.32 Å². The van der Waals surface area contributed by atoms with Crippen LogP contribution in [-0.2, 0) is 0 Å². The molecule has 0 atom stereocenters. The molecule has 1 aromatic carbocycles. The lowest BCUT2D eigenvalue weighted by Crippen LogP contribution is -1.99. The SMILES string of the molecule is Cc1cc(Nc2nccc(SC(C)C)n2)cc(-c2cncs2)c1. The summed E-state index contributed by atoms with van der Waals surface area (Å²) in [5.74, 6) is 0.622. The molecule has 2 aromatic heterocycles. The zero-order chi connectivity index (χ0) is 16.2. The first-order chi connectivity index (χ1) is 11.1. The number of nitrogens with one attached hydrogen (secondary N) is 1. The van der Waals surface area contributed by atoms with Gasteiger partial charge in [-0.15, -0.1) is 23.1 Å². The fraction of sp³-hybridized carbons (Fsp3) is 0.235. The van der Waals surface area contributed by atoms with E-state index in [0.29, 0.717) is 11.2 Å². The number of nitrogens with zero attached hydrogens (tertiary/aromatic N) is 3. The molecular formula is C17H18N4S2. The summed E-state index contributed by atoms with van der Waals surface area (Å²) >= 11 is 3.37. The monoisotopic (exact) mass is 342 g/mol. The van der Waals surface area contributed by atoms with Crippen LogP contribution in [0, 0.1) is 6.92 Å². The van der Waals surface area contributed by atoms with Crippen LogP contribution in [0.4, 0.5) is 11.6 Å². The van der Waals surface area contributed by atoms with E-state index in [2.05, 4.69) is 59.2 Å². The summed E-state index contributed by atoms with van der Waals surface area (Å²) in [6.07, 6.45) is 3.68. The number of hydrogen-bond acceptors (Lipinski definition) is 6. The highest BCUT2D eigenvalue weighted by atomic mass is 32.2. The average Bonchev–Trinajstić information content (AvgIpc) is 3.00. The third-order valence-electron chi connectivity index (χ3n) is 3.04. The number of benzene rings is 1. The van der Waals surface area contributed by atoms with Crippen molar-refractivity contribution in [2.24, 2.45) is 0 Å². The number of anilines is 2. The lowest BCUT2D eigenvalue weighted by molar-refractivity contribution is 1.03. The highest BCUT2D eigenvalue weighted by molar-refractivity contribution is 7.99. The van der Waals surface area contributed by atoms with Crippen LogP contribution >= 0.6 is 23.1 Å². The Balaban J connectivity index is 1.85. The predicted molar refractivity (Wildman–Crippen MR) is 98.6 cm³/mol. The smallest absolute Gasteiger partial charge is 0.228 e. The molecule has 1 N–H and O–H groups in total. The minimum Gasteiger partial charge on any atom is -0.324 e. The van der Waals surface area contributed by atoms with Gasteiger partial charge in [0.2, 0.25) is 5.95 Å². The highest BCUT2D eigenvalue weighted by Crippen LogP contribution is 2.28. The molecular weight excluding hydrogens is 324 g/mol. The third kappa shape index (κ3) is 4.30. The largest absolute Gasteiger partial charge is 0.324 e. The minimum absolute atomic E-state index is 0.495. The molecule has 0 radical (unpaired) electrons. The Bertz CT molecular complexity index is 785. The van der Waals surface area contributed by atoms with Gasteiger partial charge in [-0.1, -0.05) is 19.9 Å². The summed E-state index contributed by atoms with van der Waals surface area (Å²) in [5.41, 5.74) is 5.18. The summed E-state index contributed by atoms with van der Waals surface area (Å²) in [6.45, 7) is 6.39. The van der Waals surface area contributed by atoms with Crippen LogP contribution in [0.5, 0.6) is 0 Å². The van der Waals surface area contributed by atoms with E-state index >= 15 is 0 Å². The average molecular weight is 342 g/mol. The van der Waals surface area contributed by atoms with E-state index in [0.717, 1.165) is 21.2 Å². The summed E-state index contributed by atoms with van der Waals surface area (Å²) in [6, 6.07) is 8.29. The molecule has 0 aliphatic rings. The van der Waals surface area contributed by atoms with Crippen LogP contribution < -0.4 is 5.32 Å². The molecule has 0 aliphatic carbocycles. The Morgan fingerprint density at radius 3 is 2.83 bits per heavy atom. The predicted octanol–water partition coefficient (Wildman–Crippen LogP) is 5.15. The topological polar surface area (TPSA) is 50.7 Å². The van der Waals surface area contributed by atoms with Crippen molar-refractivity contribution < 1.29 is 0 Å². The Labute approximate surface area is 144 Å². The van der Waals surface area contributed by atoms with Crippen molar-refractivity contribution in [3.05, 3.63) is 47.7 Å². The zero-order valence-corrected chi connectivity index (χ0v) is 14.9. The number of thioether (sulfide) groups is 1. The standard InChI is InChI=1S/C17H18N4S2/c1-11(2)23-16-4-5-19-17(21-16)20-14-7-12(3)6-13(8-14)15-9-18-10-22-15/h4-11H,1-3H3,(H,19,20,21). The zero-order valence-electron chi connectivity index (χ0n) is 13.3. The van der Waals surface area contributed by atoms with Crippen LogP contribution in [0.3, 0.4) is 0 Å². The van der Waals surface area contributed by atoms with Gasteiger partial charge in [-0.05, 0) is 36.2 Å². The molecule has 3 aromatic rings. The van der Waals surface area contributed by atoms with Crippen molar-refractivity contribution in [1.82, 2.24) is 15.0 Å². The van der Waals surface area contributed by atoms with Crippen molar-refractivity contribution in [3.63, 3.8) is 0 Å². The van der Waals surface area contributed by atoms with E-state index in [1.165, 1.54) is 5.56 Å². The van der Waals surface area contributed by atoms with Crippen molar-refractivity contribution in [1.29, 1.82) is 0 Å². The molecule has 4 nitrogen and oxygen atoms in total. The van der Waals surface area contributed by atoms with E-state index in [4.69, 9.17) is 0 Å². The summed E-state index contributed by atoms with van der Waals surface area (Å²) in [4.78, 5) is 14.2. The molecule has 0 unspecified atom stereocenters. The molecule has 23 heavy (non-hydrogen) atoms. The number of rotatable bonds is 5. The summed E-state index contributed by atoms with van der Waals surface area (Å²) in [5, 5.41) is 4.78. The van der Waals surface area contributed by atoms with Crippen LogP contribution in [0.2, 0.25) is 0 Å². The first-order valence-corrected chi connectivity index (χ1v) is 9.13. The van der Waals surface area contributed by atoms with Crippen molar-refractivity contribution in [2.45, 2.75) is 31.0 Å². The Hall–Kier alpha value is -1.92. The maximum absolute atomic E-state index is 4.56. The summed E-state index contributed by atoms with van der Waals surface area (Å²) in [7, 11) is 0. The molecule has 0 fully saturated rings. The molecule has 6 heteroatoms. The Morgan fingerprint density at radius 1 is 1.22 bits per heavy atom. The second kappa shape index (κ2) is 7.10. The van der Waals surface area contributed by atoms with Crippen LogP contribution in [-0.4, -0.2) is 20.2 Å². The van der Waals surface area contributed by atoms with Crippen molar-refractivity contribution >= 4 is 34.7 Å².